The third-order valence-corrected chi connectivity index (χ3v) is 6.78. The Kier molecular flexibility index (Phi) is 6.62. The highest BCUT2D eigenvalue weighted by Crippen LogP contribution is 2.31. The lowest BCUT2D eigenvalue weighted by Crippen LogP contribution is -2.46. The first-order chi connectivity index (χ1) is 16.9. The first kappa shape index (κ1) is 23.6. The maximum absolute atomic E-state index is 15.4. The van der Waals surface area contributed by atoms with Crippen molar-refractivity contribution in [3.63, 3.8) is 0 Å². The molecule has 0 aliphatic carbocycles. The number of ether oxygens (including phenoxy) is 2. The fourth-order valence-electron chi connectivity index (χ4n) is 4.78. The molecule has 1 aromatic carbocycles. The summed E-state index contributed by atoms with van der Waals surface area (Å²) in [5, 5.41) is 0.512. The first-order valence-corrected chi connectivity index (χ1v) is 12.0. The third kappa shape index (κ3) is 4.70. The van der Waals surface area contributed by atoms with Gasteiger partial charge in [0.15, 0.2) is 0 Å². The Labute approximate surface area is 207 Å². The number of carbonyl (C=O) groups excluding carboxylic acids is 2. The van der Waals surface area contributed by atoms with E-state index in [1.54, 1.807) is 40.3 Å². The van der Waals surface area contributed by atoms with Gasteiger partial charge in [-0.1, -0.05) is 11.6 Å². The Bertz CT molecular complexity index is 1270. The predicted molar refractivity (Wildman–Crippen MR) is 128 cm³/mol. The SMILES string of the molecule is COC(=O)N1CCOC(Cc2c(-c3ccc(C(=O)N4CCCC4)cc3F)nc3cc(Cl)ccn23)C1. The summed E-state index contributed by atoms with van der Waals surface area (Å²) in [6.45, 7) is 2.56. The van der Waals surface area contributed by atoms with Crippen molar-refractivity contribution >= 4 is 29.2 Å². The number of likely N-dealkylation sites (tertiary alicyclic amines) is 1. The molecule has 0 saturated carbocycles. The molecule has 2 amide bonds. The minimum absolute atomic E-state index is 0.159. The molecule has 2 saturated heterocycles. The number of halogens is 2. The number of aromatic nitrogens is 2. The van der Waals surface area contributed by atoms with E-state index in [9.17, 15) is 9.59 Å². The molecule has 1 atom stereocenters. The maximum Gasteiger partial charge on any atom is 0.409 e. The van der Waals surface area contributed by atoms with Crippen LogP contribution in [0.3, 0.4) is 0 Å². The molecular formula is C25H26ClFN4O4. The average molecular weight is 501 g/mol. The number of carbonyl (C=O) groups is 2. The van der Waals surface area contributed by atoms with Gasteiger partial charge in [0.1, 0.15) is 11.5 Å². The lowest BCUT2D eigenvalue weighted by Gasteiger charge is -2.32. The second-order valence-electron chi connectivity index (χ2n) is 8.79. The lowest BCUT2D eigenvalue weighted by molar-refractivity contribution is -0.0241. The quantitative estimate of drug-likeness (QED) is 0.540. The Morgan fingerprint density at radius 1 is 1.17 bits per heavy atom. The highest BCUT2D eigenvalue weighted by Gasteiger charge is 2.28. The number of pyridine rings is 1. The van der Waals surface area contributed by atoms with Crippen LogP contribution in [0.2, 0.25) is 5.02 Å². The van der Waals surface area contributed by atoms with E-state index in [4.69, 9.17) is 21.1 Å². The number of imidazole rings is 1. The van der Waals surface area contributed by atoms with Crippen LogP contribution in [0.5, 0.6) is 0 Å². The second kappa shape index (κ2) is 9.83. The van der Waals surface area contributed by atoms with E-state index < -0.39 is 11.9 Å². The minimum Gasteiger partial charge on any atom is -0.453 e. The van der Waals surface area contributed by atoms with Crippen LogP contribution in [-0.4, -0.2) is 77.2 Å². The van der Waals surface area contributed by atoms with Crippen LogP contribution in [0.15, 0.2) is 36.5 Å². The van der Waals surface area contributed by atoms with E-state index in [0.29, 0.717) is 66.7 Å². The first-order valence-electron chi connectivity index (χ1n) is 11.6. The summed E-state index contributed by atoms with van der Waals surface area (Å²) in [5.74, 6) is -0.681. The van der Waals surface area contributed by atoms with Crippen molar-refractivity contribution in [2.45, 2.75) is 25.4 Å². The van der Waals surface area contributed by atoms with Crippen molar-refractivity contribution in [2.24, 2.45) is 0 Å². The van der Waals surface area contributed by atoms with Crippen molar-refractivity contribution in [3.8, 4) is 11.3 Å². The number of methoxy groups -OCH3 is 1. The van der Waals surface area contributed by atoms with E-state index >= 15 is 4.39 Å². The van der Waals surface area contributed by atoms with Gasteiger partial charge in [-0.2, -0.15) is 0 Å². The van der Waals surface area contributed by atoms with E-state index in [-0.39, 0.29) is 12.0 Å². The molecule has 8 nitrogen and oxygen atoms in total. The fraction of sp³-hybridized carbons (Fsp3) is 0.400. The van der Waals surface area contributed by atoms with Crippen LogP contribution < -0.4 is 0 Å². The van der Waals surface area contributed by atoms with E-state index in [0.717, 1.165) is 18.5 Å². The molecule has 5 rings (SSSR count). The summed E-state index contributed by atoms with van der Waals surface area (Å²) in [6, 6.07) is 7.98. The normalized spacial score (nSPS) is 18.3. The molecule has 2 aliphatic heterocycles. The summed E-state index contributed by atoms with van der Waals surface area (Å²) < 4.78 is 28.0. The van der Waals surface area contributed by atoms with E-state index in [2.05, 4.69) is 4.98 Å². The number of nitrogens with zero attached hydrogens (tertiary/aromatic N) is 4. The zero-order valence-corrected chi connectivity index (χ0v) is 20.1. The molecular weight excluding hydrogens is 475 g/mol. The molecule has 10 heteroatoms. The maximum atomic E-state index is 15.4. The van der Waals surface area contributed by atoms with Gasteiger partial charge in [-0.25, -0.2) is 14.2 Å². The number of amides is 2. The monoisotopic (exact) mass is 500 g/mol. The largest absolute Gasteiger partial charge is 0.453 e. The zero-order chi connectivity index (χ0) is 24.5. The third-order valence-electron chi connectivity index (χ3n) is 6.54. The molecule has 2 aromatic heterocycles. The zero-order valence-electron chi connectivity index (χ0n) is 19.4. The summed E-state index contributed by atoms with van der Waals surface area (Å²) >= 11 is 6.18. The van der Waals surface area contributed by atoms with Crippen molar-refractivity contribution < 1.29 is 23.5 Å². The number of benzene rings is 1. The molecule has 3 aromatic rings. The van der Waals surface area contributed by atoms with Gasteiger partial charge in [-0.15, -0.1) is 0 Å². The van der Waals surface area contributed by atoms with Crippen molar-refractivity contribution in [3.05, 3.63) is 58.6 Å². The molecule has 2 aliphatic rings. The Morgan fingerprint density at radius 3 is 2.71 bits per heavy atom. The van der Waals surface area contributed by atoms with E-state index in [1.165, 1.54) is 13.2 Å². The molecule has 0 N–H and O–H groups in total. The van der Waals surface area contributed by atoms with Gasteiger partial charge >= 0.3 is 6.09 Å². The average Bonchev–Trinajstić information content (AvgIpc) is 3.52. The Morgan fingerprint density at radius 2 is 1.97 bits per heavy atom. The topological polar surface area (TPSA) is 76.4 Å². The van der Waals surface area contributed by atoms with Gasteiger partial charge in [0.2, 0.25) is 0 Å². The Balaban J connectivity index is 1.50. The highest BCUT2D eigenvalue weighted by atomic mass is 35.5. The predicted octanol–water partition coefficient (Wildman–Crippen LogP) is 4.04. The van der Waals surface area contributed by atoms with Crippen LogP contribution in [0.1, 0.15) is 28.9 Å². The number of hydrogen-bond acceptors (Lipinski definition) is 5. The molecule has 0 radical (unpaired) electrons. The molecule has 184 valence electrons. The van der Waals surface area contributed by atoms with Crippen molar-refractivity contribution in [1.29, 1.82) is 0 Å². The van der Waals surface area contributed by atoms with Gasteiger partial charge in [0, 0.05) is 54.5 Å². The molecule has 0 bridgehead atoms. The van der Waals surface area contributed by atoms with Gasteiger partial charge in [-0.3, -0.25) is 4.79 Å². The van der Waals surface area contributed by atoms with Crippen LogP contribution in [0.4, 0.5) is 9.18 Å². The van der Waals surface area contributed by atoms with Gasteiger partial charge in [0.25, 0.3) is 5.91 Å². The van der Waals surface area contributed by atoms with Gasteiger partial charge in [0.05, 0.1) is 37.8 Å². The van der Waals surface area contributed by atoms with Crippen molar-refractivity contribution in [2.75, 3.05) is 39.9 Å². The van der Waals surface area contributed by atoms with Crippen LogP contribution >= 0.6 is 11.6 Å². The molecule has 35 heavy (non-hydrogen) atoms. The molecule has 0 spiro atoms. The minimum atomic E-state index is -0.522. The van der Waals surface area contributed by atoms with Crippen molar-refractivity contribution in [1.82, 2.24) is 19.2 Å². The van der Waals surface area contributed by atoms with Crippen LogP contribution in [0.25, 0.3) is 16.9 Å². The smallest absolute Gasteiger partial charge is 0.409 e. The highest BCUT2D eigenvalue weighted by molar-refractivity contribution is 6.30. The summed E-state index contributed by atoms with van der Waals surface area (Å²) in [4.78, 5) is 32.8. The van der Waals surface area contributed by atoms with Crippen LogP contribution in [0, 0.1) is 5.82 Å². The van der Waals surface area contributed by atoms with Crippen LogP contribution in [-0.2, 0) is 15.9 Å². The second-order valence-corrected chi connectivity index (χ2v) is 9.22. The molecule has 4 heterocycles. The number of morpholine rings is 1. The van der Waals surface area contributed by atoms with Gasteiger partial charge in [-0.05, 0) is 37.1 Å². The lowest BCUT2D eigenvalue weighted by atomic mass is 10.0. The van der Waals surface area contributed by atoms with E-state index in [1.807, 2.05) is 4.40 Å². The Hall–Kier alpha value is -3.17. The summed E-state index contributed by atoms with van der Waals surface area (Å²) in [7, 11) is 1.35. The molecule has 2 fully saturated rings. The number of rotatable bonds is 4. The standard InChI is InChI=1S/C25H26ClFN4O4/c1-34-25(33)30-10-11-35-18(15-30)14-21-23(28-22-13-17(26)6-9-31(21)22)19-5-4-16(12-20(19)27)24(32)29-7-2-3-8-29/h4-6,9,12-13,18H,2-3,7-8,10-11,14-15H2,1H3. The fourth-order valence-corrected chi connectivity index (χ4v) is 4.93. The number of hydrogen-bond donors (Lipinski definition) is 0. The number of fused-ring (bicyclic) bond motifs is 1. The molecule has 1 unspecified atom stereocenters. The summed E-state index contributed by atoms with van der Waals surface area (Å²) in [5.41, 5.74) is 2.36. The van der Waals surface area contributed by atoms with Gasteiger partial charge < -0.3 is 23.7 Å². The summed E-state index contributed by atoms with van der Waals surface area (Å²) in [6.07, 6.45) is 3.38.